The molecule has 0 atom stereocenters. The molecule has 3 N–H and O–H groups in total. The molecule has 0 unspecified atom stereocenters. The van der Waals surface area contributed by atoms with Crippen molar-refractivity contribution in [2.45, 2.75) is 43.0 Å². The molecule has 0 radical (unpaired) electrons. The first kappa shape index (κ1) is 19.2. The van der Waals surface area contributed by atoms with Crippen LogP contribution in [0, 0.1) is 5.92 Å². The van der Waals surface area contributed by atoms with Gasteiger partial charge in [-0.2, -0.15) is 0 Å². The summed E-state index contributed by atoms with van der Waals surface area (Å²) in [5.74, 6) is -2.43. The smallest absolute Gasteiger partial charge is 0.326 e. The third kappa shape index (κ3) is 4.79. The number of carbonyl (C=O) groups is 1. The van der Waals surface area contributed by atoms with Gasteiger partial charge in [0.1, 0.15) is 5.69 Å². The van der Waals surface area contributed by atoms with Crippen LogP contribution in [0.3, 0.4) is 0 Å². The Balaban J connectivity index is 1.67. The number of carbonyl (C=O) groups excluding carboxylic acids is 1. The van der Waals surface area contributed by atoms with E-state index in [1.807, 2.05) is 0 Å². The van der Waals surface area contributed by atoms with Crippen LogP contribution in [0.25, 0.3) is 11.3 Å². The van der Waals surface area contributed by atoms with Crippen molar-refractivity contribution in [1.82, 2.24) is 19.7 Å². The first-order valence-electron chi connectivity index (χ1n) is 8.35. The summed E-state index contributed by atoms with van der Waals surface area (Å²) >= 11 is 0. The highest BCUT2D eigenvalue weighted by Gasteiger charge is 2.35. The molecule has 1 saturated carbocycles. The number of nitrogens with zero attached hydrogens (tertiary/aromatic N) is 3. The van der Waals surface area contributed by atoms with E-state index in [9.17, 15) is 22.0 Å². The highest BCUT2D eigenvalue weighted by atomic mass is 32.2. The molecule has 1 aromatic heterocycles. The molecule has 3 rings (SSSR count). The minimum absolute atomic E-state index is 0.103. The lowest BCUT2D eigenvalue weighted by Gasteiger charge is -2.27. The fraction of sp³-hybridized carbons (Fsp3) is 0.438. The first-order chi connectivity index (χ1) is 12.6. The van der Waals surface area contributed by atoms with Gasteiger partial charge in [0.2, 0.25) is 5.92 Å². The zero-order chi connectivity index (χ0) is 19.7. The summed E-state index contributed by atoms with van der Waals surface area (Å²) in [5, 5.41) is 8.07. The number of sulfonamides is 1. The lowest BCUT2D eigenvalue weighted by Crippen LogP contribution is -2.34. The Labute approximate surface area is 154 Å². The number of amides is 2. The van der Waals surface area contributed by atoms with Gasteiger partial charge >= 0.3 is 6.03 Å². The van der Waals surface area contributed by atoms with Gasteiger partial charge in [0, 0.05) is 24.9 Å². The van der Waals surface area contributed by atoms with Crippen LogP contribution < -0.4 is 10.5 Å². The van der Waals surface area contributed by atoms with Gasteiger partial charge in [-0.1, -0.05) is 17.3 Å². The number of nitrogens with one attached hydrogen (secondary N) is 1. The van der Waals surface area contributed by atoms with Crippen molar-refractivity contribution >= 4 is 16.1 Å². The maximum absolute atomic E-state index is 13.2. The second-order valence-electron chi connectivity index (χ2n) is 6.62. The summed E-state index contributed by atoms with van der Waals surface area (Å²) in [7, 11) is -4.01. The lowest BCUT2D eigenvalue weighted by molar-refractivity contribution is -0.0476. The van der Waals surface area contributed by atoms with E-state index < -0.39 is 22.0 Å². The summed E-state index contributed by atoms with van der Waals surface area (Å²) in [5.41, 5.74) is 6.00. The number of hydrogen-bond acceptors (Lipinski definition) is 5. The number of hydrogen-bond donors (Lipinski definition) is 2. The predicted octanol–water partition coefficient (Wildman–Crippen LogP) is 2.13. The van der Waals surface area contributed by atoms with Crippen LogP contribution in [0.1, 0.15) is 25.7 Å². The van der Waals surface area contributed by atoms with Gasteiger partial charge in [0.25, 0.3) is 10.0 Å². The summed E-state index contributed by atoms with van der Waals surface area (Å²) < 4.78 is 53.5. The average Bonchev–Trinajstić information content (AvgIpc) is 3.04. The molecule has 0 aliphatic heterocycles. The molecule has 146 valence electrons. The molecule has 1 fully saturated rings. The molecular weight excluding hydrogens is 380 g/mol. The van der Waals surface area contributed by atoms with Crippen molar-refractivity contribution < 1.29 is 22.0 Å². The largest absolute Gasteiger partial charge is 0.351 e. The van der Waals surface area contributed by atoms with Crippen LogP contribution in [-0.4, -0.2) is 35.4 Å². The number of benzene rings is 1. The number of halogens is 2. The topological polar surface area (TPSA) is 120 Å². The van der Waals surface area contributed by atoms with Crippen LogP contribution in [0.5, 0.6) is 0 Å². The molecule has 1 heterocycles. The van der Waals surface area contributed by atoms with E-state index >= 15 is 0 Å². The summed E-state index contributed by atoms with van der Waals surface area (Å²) in [6.07, 6.45) is 2.38. The highest BCUT2D eigenvalue weighted by molar-refractivity contribution is 7.90. The third-order valence-corrected chi connectivity index (χ3v) is 5.88. The molecule has 2 aromatic rings. The van der Waals surface area contributed by atoms with E-state index in [0.717, 1.165) is 0 Å². The number of aromatic nitrogens is 3. The SMILES string of the molecule is NC(=O)NS(=O)(=O)c1ccc(-c2cn(CC3CCC(F)(F)CC3)nn2)cc1. The molecule has 2 amide bonds. The van der Waals surface area contributed by atoms with Gasteiger partial charge in [-0.15, -0.1) is 5.10 Å². The molecule has 8 nitrogen and oxygen atoms in total. The van der Waals surface area contributed by atoms with Crippen molar-refractivity contribution in [3.8, 4) is 11.3 Å². The molecule has 0 bridgehead atoms. The van der Waals surface area contributed by atoms with Gasteiger partial charge in [0.15, 0.2) is 0 Å². The van der Waals surface area contributed by atoms with Crippen LogP contribution in [-0.2, 0) is 16.6 Å². The highest BCUT2D eigenvalue weighted by Crippen LogP contribution is 2.36. The Morgan fingerprint density at radius 1 is 1.26 bits per heavy atom. The second kappa shape index (κ2) is 7.22. The van der Waals surface area contributed by atoms with E-state index in [4.69, 9.17) is 5.73 Å². The first-order valence-corrected chi connectivity index (χ1v) is 9.84. The normalized spacial score (nSPS) is 17.6. The standard InChI is InChI=1S/C16H19F2N5O3S/c17-16(18)7-5-11(6-8-16)9-23-10-14(20-22-23)12-1-3-13(4-2-12)27(25,26)21-15(19)24/h1-4,10-11H,5-9H2,(H3,19,21,24). The van der Waals surface area contributed by atoms with Crippen molar-refractivity contribution in [1.29, 1.82) is 0 Å². The average molecular weight is 399 g/mol. The number of urea groups is 1. The molecule has 1 aromatic carbocycles. The fourth-order valence-electron chi connectivity index (χ4n) is 3.06. The molecule has 11 heteroatoms. The molecule has 27 heavy (non-hydrogen) atoms. The van der Waals surface area contributed by atoms with Crippen LogP contribution in [0.2, 0.25) is 0 Å². The minimum Gasteiger partial charge on any atom is -0.351 e. The van der Waals surface area contributed by atoms with Crippen molar-refractivity contribution in [3.63, 3.8) is 0 Å². The molecule has 0 spiro atoms. The molecule has 0 saturated heterocycles. The van der Waals surface area contributed by atoms with Crippen molar-refractivity contribution in [2.75, 3.05) is 0 Å². The monoisotopic (exact) mass is 399 g/mol. The van der Waals surface area contributed by atoms with E-state index in [1.165, 1.54) is 24.3 Å². The number of rotatable bonds is 5. The Bertz CT molecular complexity index is 918. The van der Waals surface area contributed by atoms with Gasteiger partial charge in [0.05, 0.1) is 11.1 Å². The maximum Gasteiger partial charge on any atom is 0.326 e. The molecule has 1 aliphatic rings. The third-order valence-electron chi connectivity index (χ3n) is 4.52. The Morgan fingerprint density at radius 3 is 2.48 bits per heavy atom. The van der Waals surface area contributed by atoms with Crippen LogP contribution in [0.4, 0.5) is 13.6 Å². The molecular formula is C16H19F2N5O3S. The zero-order valence-electron chi connectivity index (χ0n) is 14.3. The van der Waals surface area contributed by atoms with Gasteiger partial charge in [-0.05, 0) is 30.9 Å². The van der Waals surface area contributed by atoms with Crippen molar-refractivity contribution in [3.05, 3.63) is 30.5 Å². The number of alkyl halides is 2. The lowest BCUT2D eigenvalue weighted by atomic mass is 9.87. The van der Waals surface area contributed by atoms with E-state index in [0.29, 0.717) is 30.6 Å². The van der Waals surface area contributed by atoms with E-state index in [1.54, 1.807) is 15.6 Å². The maximum atomic E-state index is 13.2. The number of nitrogens with two attached hydrogens (primary N) is 1. The number of primary amides is 1. The zero-order valence-corrected chi connectivity index (χ0v) is 15.1. The van der Waals surface area contributed by atoms with Crippen LogP contribution >= 0.6 is 0 Å². The Hall–Kier alpha value is -2.56. The fourth-order valence-corrected chi connectivity index (χ4v) is 3.94. The summed E-state index contributed by atoms with van der Waals surface area (Å²) in [6.45, 7) is 0.512. The summed E-state index contributed by atoms with van der Waals surface area (Å²) in [4.78, 5) is 10.6. The second-order valence-corrected chi connectivity index (χ2v) is 8.30. The predicted molar refractivity (Wildman–Crippen MR) is 92.3 cm³/mol. The van der Waals surface area contributed by atoms with Gasteiger partial charge in [-0.25, -0.2) is 26.7 Å². The van der Waals surface area contributed by atoms with Gasteiger partial charge < -0.3 is 5.73 Å². The van der Waals surface area contributed by atoms with Crippen LogP contribution in [0.15, 0.2) is 35.4 Å². The van der Waals surface area contributed by atoms with E-state index in [2.05, 4.69) is 10.3 Å². The Kier molecular flexibility index (Phi) is 5.13. The van der Waals surface area contributed by atoms with Crippen molar-refractivity contribution in [2.24, 2.45) is 11.7 Å². The minimum atomic E-state index is -4.01. The summed E-state index contributed by atoms with van der Waals surface area (Å²) in [6, 6.07) is 4.55. The molecule has 1 aliphatic carbocycles. The van der Waals surface area contributed by atoms with E-state index in [-0.39, 0.29) is 23.7 Å². The Morgan fingerprint density at radius 2 is 1.89 bits per heavy atom. The van der Waals surface area contributed by atoms with Gasteiger partial charge in [-0.3, -0.25) is 4.68 Å². The quantitative estimate of drug-likeness (QED) is 0.798.